The number of nitrogens with one attached hydrogen (secondary N) is 4. The van der Waals surface area contributed by atoms with Crippen molar-refractivity contribution >= 4 is 47.5 Å². The van der Waals surface area contributed by atoms with Crippen LogP contribution in [-0.2, 0) is 32.2 Å². The average molecular weight is 791 g/mol. The fourth-order valence-corrected chi connectivity index (χ4v) is 8.22. The second-order valence-electron chi connectivity index (χ2n) is 13.5. The maximum atomic E-state index is 13.6. The first kappa shape index (κ1) is 41.2. The highest BCUT2D eigenvalue weighted by Gasteiger charge is 2.29. The summed E-state index contributed by atoms with van der Waals surface area (Å²) in [7, 11) is 2.55. The molecule has 0 radical (unpaired) electrons. The van der Waals surface area contributed by atoms with Crippen LogP contribution in [0.3, 0.4) is 0 Å². The molecule has 0 saturated carbocycles. The van der Waals surface area contributed by atoms with Gasteiger partial charge in [0.05, 0.1) is 51.1 Å². The second kappa shape index (κ2) is 19.6. The molecule has 4 aromatic rings. The van der Waals surface area contributed by atoms with Crippen LogP contribution in [0.1, 0.15) is 65.0 Å². The third-order valence-corrected chi connectivity index (χ3v) is 11.6. The van der Waals surface area contributed by atoms with E-state index in [1.807, 2.05) is 13.8 Å². The Morgan fingerprint density at radius 2 is 1.25 bits per heavy atom. The van der Waals surface area contributed by atoms with Gasteiger partial charge in [-0.15, -0.1) is 0 Å². The first-order valence-electron chi connectivity index (χ1n) is 18.5. The summed E-state index contributed by atoms with van der Waals surface area (Å²) in [4.78, 5) is 74.0. The Kier molecular flexibility index (Phi) is 14.7. The minimum absolute atomic E-state index is 0.126. The summed E-state index contributed by atoms with van der Waals surface area (Å²) in [5, 5.41) is 5.16. The number of unbranched alkanes of at least 4 members (excludes halogenated alkanes) is 2. The molecular formula is C39H50N8O6S2. The van der Waals surface area contributed by atoms with Crippen LogP contribution in [-0.4, -0.2) is 93.6 Å². The molecule has 55 heavy (non-hydrogen) atoms. The van der Waals surface area contributed by atoms with E-state index in [1.54, 1.807) is 45.7 Å². The van der Waals surface area contributed by atoms with Crippen molar-refractivity contribution in [3.05, 3.63) is 60.4 Å². The van der Waals surface area contributed by atoms with E-state index in [2.05, 4.69) is 85.6 Å². The van der Waals surface area contributed by atoms with Crippen LogP contribution in [0.4, 0.5) is 9.59 Å². The molecule has 294 valence electrons. The third-order valence-electron chi connectivity index (χ3n) is 9.08. The number of aromatic nitrogens is 4. The smallest absolute Gasteiger partial charge is 0.407 e. The summed E-state index contributed by atoms with van der Waals surface area (Å²) in [6, 6.07) is 12.0. The molecule has 2 aromatic heterocycles. The first-order valence-corrected chi connectivity index (χ1v) is 20.1. The summed E-state index contributed by atoms with van der Waals surface area (Å²) < 4.78 is 9.37. The van der Waals surface area contributed by atoms with E-state index in [0.717, 1.165) is 67.8 Å². The van der Waals surface area contributed by atoms with Gasteiger partial charge in [0.25, 0.3) is 0 Å². The summed E-state index contributed by atoms with van der Waals surface area (Å²) >= 11 is 3.42. The van der Waals surface area contributed by atoms with Crippen LogP contribution in [0.15, 0.2) is 68.4 Å². The lowest BCUT2D eigenvalue weighted by molar-refractivity contribution is -0.135. The van der Waals surface area contributed by atoms with Gasteiger partial charge < -0.3 is 39.9 Å². The van der Waals surface area contributed by atoms with Crippen LogP contribution < -0.4 is 10.6 Å². The van der Waals surface area contributed by atoms with Gasteiger partial charge in [-0.1, -0.05) is 76.2 Å². The van der Waals surface area contributed by atoms with Crippen molar-refractivity contribution in [1.29, 1.82) is 0 Å². The van der Waals surface area contributed by atoms with Gasteiger partial charge >= 0.3 is 12.2 Å². The molecule has 3 heterocycles. The van der Waals surface area contributed by atoms with Crippen LogP contribution in [0, 0.1) is 5.92 Å². The number of rotatable bonds is 17. The predicted molar refractivity (Wildman–Crippen MR) is 212 cm³/mol. The lowest BCUT2D eigenvalue weighted by Crippen LogP contribution is -2.51. The number of hydrogen-bond donors (Lipinski definition) is 4. The number of H-pyrrole nitrogens is 2. The molecule has 1 atom stereocenters. The monoisotopic (exact) mass is 790 g/mol. The minimum atomic E-state index is -0.715. The maximum Gasteiger partial charge on any atom is 0.407 e. The van der Waals surface area contributed by atoms with Crippen LogP contribution in [0.2, 0.25) is 0 Å². The van der Waals surface area contributed by atoms with Crippen molar-refractivity contribution in [3.63, 3.8) is 0 Å². The zero-order valence-electron chi connectivity index (χ0n) is 32.2. The van der Waals surface area contributed by atoms with Gasteiger partial charge in [-0.3, -0.25) is 9.59 Å². The fraction of sp³-hybridized carbons (Fsp3) is 0.436. The molecule has 0 fully saturated rings. The number of ether oxygens (including phenoxy) is 2. The average Bonchev–Trinajstić information content (AvgIpc) is 3.87. The number of nitrogens with zero attached hydrogens (tertiary/aromatic N) is 4. The molecule has 2 aromatic carbocycles. The van der Waals surface area contributed by atoms with Gasteiger partial charge in [-0.25, -0.2) is 19.6 Å². The van der Waals surface area contributed by atoms with E-state index in [-0.39, 0.29) is 30.8 Å². The normalized spacial score (nSPS) is 12.3. The van der Waals surface area contributed by atoms with Gasteiger partial charge in [0, 0.05) is 43.8 Å². The van der Waals surface area contributed by atoms with Crippen LogP contribution in [0.5, 0.6) is 0 Å². The zero-order chi connectivity index (χ0) is 39.5. The molecule has 1 aliphatic rings. The molecule has 16 heteroatoms. The highest BCUT2D eigenvalue weighted by Crippen LogP contribution is 2.50. The number of benzene rings is 2. The van der Waals surface area contributed by atoms with Crippen molar-refractivity contribution in [3.8, 4) is 22.5 Å². The number of carbonyl (C=O) groups excluding carboxylic acids is 4. The van der Waals surface area contributed by atoms with Crippen LogP contribution in [0.25, 0.3) is 22.5 Å². The van der Waals surface area contributed by atoms with Crippen molar-refractivity contribution in [2.75, 3.05) is 33.9 Å². The molecule has 4 amide bonds. The third kappa shape index (κ3) is 10.8. The summed E-state index contributed by atoms with van der Waals surface area (Å²) in [6.07, 6.45) is 5.79. The molecule has 0 spiro atoms. The second-order valence-corrected chi connectivity index (χ2v) is 15.7. The molecule has 4 N–H and O–H groups in total. The highest BCUT2D eigenvalue weighted by molar-refractivity contribution is 8.05. The largest absolute Gasteiger partial charge is 0.453 e. The molecule has 14 nitrogen and oxygen atoms in total. The number of alkyl carbamates (subject to hydrolysis) is 2. The van der Waals surface area contributed by atoms with E-state index in [1.165, 1.54) is 14.2 Å². The lowest BCUT2D eigenvalue weighted by atomic mass is 10.0. The van der Waals surface area contributed by atoms with Gasteiger partial charge in [-0.05, 0) is 43.0 Å². The van der Waals surface area contributed by atoms with Crippen molar-refractivity contribution < 1.29 is 28.7 Å². The van der Waals surface area contributed by atoms with Crippen molar-refractivity contribution in [2.45, 2.75) is 92.1 Å². The molecule has 0 bridgehead atoms. The minimum Gasteiger partial charge on any atom is -0.453 e. The van der Waals surface area contributed by atoms with E-state index in [0.29, 0.717) is 31.3 Å². The van der Waals surface area contributed by atoms with Crippen molar-refractivity contribution in [2.24, 2.45) is 5.92 Å². The predicted octanol–water partition coefficient (Wildman–Crippen LogP) is 7.08. The molecule has 0 aliphatic carbocycles. The zero-order valence-corrected chi connectivity index (χ0v) is 33.8. The molecule has 0 unspecified atom stereocenters. The van der Waals surface area contributed by atoms with Crippen molar-refractivity contribution in [1.82, 2.24) is 40.4 Å². The van der Waals surface area contributed by atoms with E-state index in [4.69, 9.17) is 4.74 Å². The Morgan fingerprint density at radius 1 is 0.745 bits per heavy atom. The standard InChI is InChI=1S/C39H50N8O6S2/c1-7-9-15-46(35(48)21-42-38(50)52-5)22-33-40-19-27(43-33)25-11-13-29-31(17-25)55-32-18-26(12-14-30(32)54-29)28-20-41-34(44-28)23-47(16-10-8-2)37(49)36(24(3)4)45-39(51)53-6/h11-14,17-20,24,36H,7-10,15-16,21-23H2,1-6H3,(H,40,43)(H,41,44)(H,42,50)(H,45,51)/t36-/m0/s1. The number of methoxy groups -OCH3 is 2. The van der Waals surface area contributed by atoms with Gasteiger partial charge in [0.15, 0.2) is 0 Å². The van der Waals surface area contributed by atoms with Gasteiger partial charge in [-0.2, -0.15) is 0 Å². The molecule has 5 rings (SSSR count). The van der Waals surface area contributed by atoms with Crippen LogP contribution >= 0.6 is 23.5 Å². The molecule has 0 saturated heterocycles. The number of imidazole rings is 2. The summed E-state index contributed by atoms with van der Waals surface area (Å²) in [5.74, 6) is 0.801. The number of fused-ring (bicyclic) bond motifs is 2. The van der Waals surface area contributed by atoms with E-state index in [9.17, 15) is 19.2 Å². The Balaban J connectivity index is 1.28. The Labute approximate surface area is 330 Å². The van der Waals surface area contributed by atoms with Gasteiger partial charge in [0.2, 0.25) is 11.8 Å². The topological polar surface area (TPSA) is 175 Å². The number of aromatic amines is 2. The quantitative estimate of drug-likeness (QED) is 0.0762. The first-order chi connectivity index (χ1) is 26.5. The van der Waals surface area contributed by atoms with E-state index >= 15 is 0 Å². The Morgan fingerprint density at radius 3 is 1.76 bits per heavy atom. The molecular weight excluding hydrogens is 741 g/mol. The number of carbonyl (C=O) groups is 4. The number of amides is 4. The Bertz CT molecular complexity index is 1960. The lowest BCUT2D eigenvalue weighted by Gasteiger charge is -2.29. The number of hydrogen-bond acceptors (Lipinski definition) is 10. The highest BCUT2D eigenvalue weighted by atomic mass is 32.2. The SMILES string of the molecule is CCCCN(Cc1ncc(-c2ccc3c(c2)Sc2cc(-c4cnc(CN(CCCC)C(=O)[C@@H](NC(=O)OC)C(C)C)[nH]4)ccc2S3)[nH]1)C(=O)CNC(=O)OC. The maximum absolute atomic E-state index is 13.6. The summed E-state index contributed by atoms with van der Waals surface area (Å²) in [5.41, 5.74) is 3.64. The fourth-order valence-electron chi connectivity index (χ4n) is 5.94. The van der Waals surface area contributed by atoms with Gasteiger partial charge in [0.1, 0.15) is 24.2 Å². The Hall–Kier alpha value is -4.96. The molecule has 1 aliphatic heterocycles. The van der Waals surface area contributed by atoms with E-state index < -0.39 is 18.2 Å². The summed E-state index contributed by atoms with van der Waals surface area (Å²) in [6.45, 7) is 9.44.